The van der Waals surface area contributed by atoms with Gasteiger partial charge in [-0.1, -0.05) is 30.3 Å². The highest BCUT2D eigenvalue weighted by Gasteiger charge is 2.42. The van der Waals surface area contributed by atoms with Crippen molar-refractivity contribution < 1.29 is 21.6 Å². The second-order valence-corrected chi connectivity index (χ2v) is 12.3. The molecule has 0 aliphatic carbocycles. The molecule has 2 aromatic rings. The van der Waals surface area contributed by atoms with Crippen molar-refractivity contribution in [1.82, 2.24) is 13.6 Å². The lowest BCUT2D eigenvalue weighted by Gasteiger charge is -2.41. The lowest BCUT2D eigenvalue weighted by molar-refractivity contribution is 0.0683. The minimum atomic E-state index is -3.84. The zero-order chi connectivity index (χ0) is 23.5. The first-order valence-corrected chi connectivity index (χ1v) is 14.1. The molecule has 33 heavy (non-hydrogen) atoms. The summed E-state index contributed by atoms with van der Waals surface area (Å²) in [6.45, 7) is 1.65. The number of morpholine rings is 1. The Bertz CT molecular complexity index is 1150. The summed E-state index contributed by atoms with van der Waals surface area (Å²) in [6, 6.07) is 12.3. The molecule has 0 radical (unpaired) electrons. The lowest BCUT2D eigenvalue weighted by atomic mass is 9.87. The molecule has 0 saturated carbocycles. The topological polar surface area (TPSA) is 123 Å². The molecular formula is C22H30N4O5S2. The van der Waals surface area contributed by atoms with Crippen LogP contribution < -0.4 is 5.73 Å². The maximum absolute atomic E-state index is 13.5. The molecule has 2 saturated heterocycles. The third kappa shape index (κ3) is 5.44. The Balaban J connectivity index is 1.64. The normalized spacial score (nSPS) is 23.4. The van der Waals surface area contributed by atoms with Gasteiger partial charge in [0.05, 0.1) is 19.0 Å². The van der Waals surface area contributed by atoms with Gasteiger partial charge in [-0.2, -0.15) is 17.0 Å². The van der Waals surface area contributed by atoms with Crippen molar-refractivity contribution in [3.63, 3.8) is 0 Å². The smallest absolute Gasteiger partial charge is 0.282 e. The minimum Gasteiger partial charge on any atom is -0.379 e. The van der Waals surface area contributed by atoms with Crippen molar-refractivity contribution in [2.75, 3.05) is 38.6 Å². The zero-order valence-electron chi connectivity index (χ0n) is 18.4. The van der Waals surface area contributed by atoms with Crippen LogP contribution in [0.3, 0.4) is 0 Å². The average molecular weight is 495 g/mol. The average Bonchev–Trinajstić information content (AvgIpc) is 2.85. The van der Waals surface area contributed by atoms with E-state index in [2.05, 4.69) is 4.98 Å². The van der Waals surface area contributed by atoms with Crippen molar-refractivity contribution in [1.29, 1.82) is 0 Å². The van der Waals surface area contributed by atoms with Crippen molar-refractivity contribution in [3.8, 4) is 0 Å². The van der Waals surface area contributed by atoms with Crippen LogP contribution in [0.1, 0.15) is 29.9 Å². The Labute approximate surface area is 195 Å². The van der Waals surface area contributed by atoms with Crippen molar-refractivity contribution in [2.45, 2.75) is 36.4 Å². The summed E-state index contributed by atoms with van der Waals surface area (Å²) in [5.41, 5.74) is 7.41. The van der Waals surface area contributed by atoms with Gasteiger partial charge in [-0.3, -0.25) is 0 Å². The fourth-order valence-corrected chi connectivity index (χ4v) is 7.94. The predicted octanol–water partition coefficient (Wildman–Crippen LogP) is 1.14. The predicted molar refractivity (Wildman–Crippen MR) is 124 cm³/mol. The molecule has 0 unspecified atom stereocenters. The fraction of sp³-hybridized carbons (Fsp3) is 0.500. The van der Waals surface area contributed by atoms with Gasteiger partial charge in [-0.05, 0) is 42.0 Å². The maximum atomic E-state index is 13.5. The highest BCUT2D eigenvalue weighted by molar-refractivity contribution is 7.91. The minimum absolute atomic E-state index is 0.0731. The Morgan fingerprint density at radius 3 is 2.45 bits per heavy atom. The number of benzene rings is 1. The van der Waals surface area contributed by atoms with Gasteiger partial charge >= 0.3 is 0 Å². The number of ether oxygens (including phenoxy) is 1. The Kier molecular flexibility index (Phi) is 7.46. The lowest BCUT2D eigenvalue weighted by Crippen LogP contribution is -2.55. The van der Waals surface area contributed by atoms with Crippen LogP contribution in [0.25, 0.3) is 0 Å². The molecular weight excluding hydrogens is 464 g/mol. The Hall–Kier alpha value is -1.89. The zero-order valence-corrected chi connectivity index (χ0v) is 20.0. The van der Waals surface area contributed by atoms with Crippen molar-refractivity contribution in [3.05, 3.63) is 59.8 Å². The van der Waals surface area contributed by atoms with Crippen molar-refractivity contribution in [2.24, 2.45) is 5.73 Å². The molecule has 0 spiro atoms. The third-order valence-corrected chi connectivity index (χ3v) is 10.1. The van der Waals surface area contributed by atoms with Crippen LogP contribution in [0.2, 0.25) is 0 Å². The van der Waals surface area contributed by atoms with Gasteiger partial charge in [0.1, 0.15) is 0 Å². The molecule has 1 aromatic carbocycles. The monoisotopic (exact) mass is 494 g/mol. The van der Waals surface area contributed by atoms with E-state index >= 15 is 0 Å². The molecule has 9 nitrogen and oxygen atoms in total. The van der Waals surface area contributed by atoms with Gasteiger partial charge in [0.2, 0.25) is 0 Å². The molecule has 2 aliphatic heterocycles. The first kappa shape index (κ1) is 24.2. The summed E-state index contributed by atoms with van der Waals surface area (Å²) in [5, 5.41) is -0.0731. The molecule has 4 rings (SSSR count). The van der Waals surface area contributed by atoms with Gasteiger partial charge in [0.15, 0.2) is 14.9 Å². The highest BCUT2D eigenvalue weighted by Crippen LogP contribution is 2.35. The number of nitrogens with zero attached hydrogens (tertiary/aromatic N) is 3. The molecule has 2 fully saturated rings. The van der Waals surface area contributed by atoms with Gasteiger partial charge < -0.3 is 10.5 Å². The first-order valence-electron chi connectivity index (χ1n) is 11.1. The van der Waals surface area contributed by atoms with Gasteiger partial charge in [-0.15, -0.1) is 0 Å². The van der Waals surface area contributed by atoms with E-state index in [1.807, 2.05) is 30.3 Å². The number of rotatable bonds is 7. The quantitative estimate of drug-likeness (QED) is 0.612. The summed E-state index contributed by atoms with van der Waals surface area (Å²) >= 11 is 0. The number of sulfone groups is 1. The molecule has 2 N–H and O–H groups in total. The van der Waals surface area contributed by atoms with Gasteiger partial charge in [0, 0.05) is 38.4 Å². The van der Waals surface area contributed by atoms with E-state index in [0.717, 1.165) is 5.56 Å². The number of aromatic nitrogens is 1. The van der Waals surface area contributed by atoms with E-state index in [1.54, 1.807) is 6.07 Å². The molecule has 0 bridgehead atoms. The summed E-state index contributed by atoms with van der Waals surface area (Å²) in [4.78, 5) is 4.04. The number of pyridine rings is 1. The number of hydrogen-bond acceptors (Lipinski definition) is 7. The molecule has 3 heterocycles. The summed E-state index contributed by atoms with van der Waals surface area (Å²) < 4.78 is 61.7. The largest absolute Gasteiger partial charge is 0.379 e. The molecule has 11 heteroatoms. The molecule has 180 valence electrons. The van der Waals surface area contributed by atoms with E-state index in [-0.39, 0.29) is 42.9 Å². The van der Waals surface area contributed by atoms with Crippen LogP contribution in [0.5, 0.6) is 0 Å². The summed E-state index contributed by atoms with van der Waals surface area (Å²) in [7, 11) is -7.66. The van der Waals surface area contributed by atoms with Crippen LogP contribution in [0.15, 0.2) is 53.7 Å². The molecule has 1 aromatic heterocycles. The van der Waals surface area contributed by atoms with Crippen molar-refractivity contribution >= 4 is 20.0 Å². The summed E-state index contributed by atoms with van der Waals surface area (Å²) in [5.74, 6) is -0.258. The number of hydrogen-bond donors (Lipinski definition) is 1. The SMILES string of the molecule is NCc1ccnc(S(=O)(=O)C[C@H]2C[C@@H](c3ccccc3)CCN2S(=O)(=O)N2CCOCC2)c1. The van der Waals surface area contributed by atoms with Crippen LogP contribution in [-0.2, 0) is 31.3 Å². The third-order valence-electron chi connectivity index (χ3n) is 6.29. The first-order chi connectivity index (χ1) is 15.8. The molecule has 2 atom stereocenters. The maximum Gasteiger partial charge on any atom is 0.282 e. The second kappa shape index (κ2) is 10.2. The van der Waals surface area contributed by atoms with E-state index < -0.39 is 26.1 Å². The Morgan fingerprint density at radius 2 is 1.76 bits per heavy atom. The van der Waals surface area contributed by atoms with Crippen LogP contribution in [-0.4, -0.2) is 75.1 Å². The van der Waals surface area contributed by atoms with Crippen LogP contribution in [0.4, 0.5) is 0 Å². The van der Waals surface area contributed by atoms with E-state index in [9.17, 15) is 16.8 Å². The Morgan fingerprint density at radius 1 is 1.03 bits per heavy atom. The van der Waals surface area contributed by atoms with E-state index in [0.29, 0.717) is 31.6 Å². The van der Waals surface area contributed by atoms with Crippen LogP contribution >= 0.6 is 0 Å². The number of nitrogens with two attached hydrogens (primary N) is 1. The highest BCUT2D eigenvalue weighted by atomic mass is 32.2. The van der Waals surface area contributed by atoms with Crippen LogP contribution in [0, 0.1) is 0 Å². The fourth-order valence-electron chi connectivity index (χ4n) is 4.52. The standard InChI is InChI=1S/C22H30N4O5S2/c23-16-18-6-8-24-22(14-18)32(27,28)17-21-15-20(19-4-2-1-3-5-19)7-9-26(21)33(29,30)25-10-12-31-13-11-25/h1-6,8,14,20-21H,7,9-13,15-17,23H2/t20-,21+/m0/s1. The molecule has 2 aliphatic rings. The van der Waals surface area contributed by atoms with E-state index in [4.69, 9.17) is 10.5 Å². The van der Waals surface area contributed by atoms with Gasteiger partial charge in [0.25, 0.3) is 10.2 Å². The second-order valence-electron chi connectivity index (χ2n) is 8.40. The molecule has 0 amide bonds. The summed E-state index contributed by atoms with van der Waals surface area (Å²) in [6.07, 6.45) is 2.47. The van der Waals surface area contributed by atoms with Gasteiger partial charge in [-0.25, -0.2) is 13.4 Å². The number of piperidine rings is 1. The van der Waals surface area contributed by atoms with E-state index in [1.165, 1.54) is 20.9 Å².